The Kier molecular flexibility index (Phi) is 4.56. The average Bonchev–Trinajstić information content (AvgIpc) is 2.22. The van der Waals surface area contributed by atoms with Crippen LogP contribution < -0.4 is 10.6 Å². The Balaban J connectivity index is 2.41. The third-order valence-electron chi connectivity index (χ3n) is 1.89. The van der Waals surface area contributed by atoms with Gasteiger partial charge in [-0.2, -0.15) is 0 Å². The van der Waals surface area contributed by atoms with Crippen LogP contribution in [0.1, 0.15) is 12.0 Å². The first-order chi connectivity index (χ1) is 7.24. The van der Waals surface area contributed by atoms with Crippen molar-refractivity contribution in [2.45, 2.75) is 13.3 Å². The highest BCUT2D eigenvalue weighted by molar-refractivity contribution is 5.89. The highest BCUT2D eigenvalue weighted by Crippen LogP contribution is 2.10. The second-order valence-corrected chi connectivity index (χ2v) is 3.15. The Morgan fingerprint density at radius 3 is 3.07 bits per heavy atom. The van der Waals surface area contributed by atoms with Gasteiger partial charge in [0.15, 0.2) is 0 Å². The van der Waals surface area contributed by atoms with Crippen molar-refractivity contribution in [1.82, 2.24) is 10.3 Å². The van der Waals surface area contributed by atoms with Crippen molar-refractivity contribution in [2.75, 3.05) is 18.5 Å². The van der Waals surface area contributed by atoms with Crippen LogP contribution in [-0.2, 0) is 0 Å². The summed E-state index contributed by atoms with van der Waals surface area (Å²) in [4.78, 5) is 15.2. The Labute approximate surface area is 88.5 Å². The fraction of sp³-hybridized carbons (Fsp3) is 0.400. The van der Waals surface area contributed by atoms with Crippen molar-refractivity contribution in [3.8, 4) is 0 Å². The first-order valence-corrected chi connectivity index (χ1v) is 4.80. The molecule has 0 atom stereocenters. The maximum Gasteiger partial charge on any atom is 0.319 e. The third kappa shape index (κ3) is 3.95. The van der Waals surface area contributed by atoms with Crippen LogP contribution in [0.25, 0.3) is 0 Å². The molecule has 1 rings (SSSR count). The van der Waals surface area contributed by atoms with E-state index in [4.69, 9.17) is 5.11 Å². The van der Waals surface area contributed by atoms with Crippen molar-refractivity contribution in [3.63, 3.8) is 0 Å². The van der Waals surface area contributed by atoms with Gasteiger partial charge in [0.05, 0.1) is 0 Å². The first-order valence-electron chi connectivity index (χ1n) is 4.80. The molecule has 1 heterocycles. The number of aryl methyl sites for hydroxylation is 1. The Morgan fingerprint density at radius 2 is 2.40 bits per heavy atom. The van der Waals surface area contributed by atoms with Crippen LogP contribution in [0.5, 0.6) is 0 Å². The SMILES string of the molecule is Cc1cnccc1NC(=O)NCCCO. The van der Waals surface area contributed by atoms with Crippen LogP contribution in [-0.4, -0.2) is 29.3 Å². The number of carbonyl (C=O) groups is 1. The van der Waals surface area contributed by atoms with Crippen molar-refractivity contribution in [1.29, 1.82) is 0 Å². The molecule has 1 aromatic rings. The molecule has 0 saturated carbocycles. The lowest BCUT2D eigenvalue weighted by atomic mass is 10.2. The van der Waals surface area contributed by atoms with Gasteiger partial charge in [0, 0.05) is 31.2 Å². The van der Waals surface area contributed by atoms with Gasteiger partial charge < -0.3 is 15.7 Å². The average molecular weight is 209 g/mol. The number of anilines is 1. The number of urea groups is 1. The number of nitrogens with zero attached hydrogens (tertiary/aromatic N) is 1. The molecule has 0 aliphatic rings. The van der Waals surface area contributed by atoms with Gasteiger partial charge in [-0.25, -0.2) is 4.79 Å². The minimum Gasteiger partial charge on any atom is -0.396 e. The lowest BCUT2D eigenvalue weighted by molar-refractivity contribution is 0.249. The van der Waals surface area contributed by atoms with E-state index >= 15 is 0 Å². The minimum atomic E-state index is -0.266. The molecule has 0 saturated heterocycles. The smallest absolute Gasteiger partial charge is 0.319 e. The molecular weight excluding hydrogens is 194 g/mol. The summed E-state index contributed by atoms with van der Waals surface area (Å²) in [6.45, 7) is 2.41. The quantitative estimate of drug-likeness (QED) is 0.645. The summed E-state index contributed by atoms with van der Waals surface area (Å²) in [5.41, 5.74) is 1.65. The van der Waals surface area contributed by atoms with Gasteiger partial charge in [0.1, 0.15) is 0 Å². The van der Waals surface area contributed by atoms with Crippen LogP contribution in [0, 0.1) is 6.92 Å². The molecule has 3 N–H and O–H groups in total. The summed E-state index contributed by atoms with van der Waals surface area (Å²) < 4.78 is 0. The van der Waals surface area contributed by atoms with Crippen LogP contribution in [0.2, 0.25) is 0 Å². The van der Waals surface area contributed by atoms with E-state index in [9.17, 15) is 4.79 Å². The van der Waals surface area contributed by atoms with Gasteiger partial charge in [0.2, 0.25) is 0 Å². The molecule has 82 valence electrons. The maximum atomic E-state index is 11.3. The number of rotatable bonds is 4. The van der Waals surface area contributed by atoms with E-state index in [0.29, 0.717) is 13.0 Å². The second kappa shape index (κ2) is 5.98. The normalized spacial score (nSPS) is 9.73. The highest BCUT2D eigenvalue weighted by atomic mass is 16.3. The topological polar surface area (TPSA) is 74.2 Å². The number of carbonyl (C=O) groups excluding carboxylic acids is 1. The number of aliphatic hydroxyl groups is 1. The van der Waals surface area contributed by atoms with E-state index in [1.165, 1.54) is 0 Å². The molecule has 2 amide bonds. The number of amides is 2. The summed E-state index contributed by atoms with van der Waals surface area (Å²) in [5.74, 6) is 0. The van der Waals surface area contributed by atoms with Gasteiger partial charge >= 0.3 is 6.03 Å². The van der Waals surface area contributed by atoms with E-state index in [-0.39, 0.29) is 12.6 Å². The van der Waals surface area contributed by atoms with Gasteiger partial charge in [-0.05, 0) is 25.0 Å². The van der Waals surface area contributed by atoms with Crippen molar-refractivity contribution in [2.24, 2.45) is 0 Å². The van der Waals surface area contributed by atoms with E-state index in [1.807, 2.05) is 6.92 Å². The zero-order valence-electron chi connectivity index (χ0n) is 8.66. The zero-order valence-corrected chi connectivity index (χ0v) is 8.66. The van der Waals surface area contributed by atoms with Gasteiger partial charge in [-0.3, -0.25) is 4.98 Å². The van der Waals surface area contributed by atoms with E-state index in [1.54, 1.807) is 18.5 Å². The van der Waals surface area contributed by atoms with E-state index < -0.39 is 0 Å². The number of pyridine rings is 1. The summed E-state index contributed by atoms with van der Waals surface area (Å²) in [6.07, 6.45) is 3.86. The fourth-order valence-corrected chi connectivity index (χ4v) is 1.06. The largest absolute Gasteiger partial charge is 0.396 e. The molecule has 0 fully saturated rings. The minimum absolute atomic E-state index is 0.0779. The Morgan fingerprint density at radius 1 is 1.60 bits per heavy atom. The van der Waals surface area contributed by atoms with Gasteiger partial charge in [-0.15, -0.1) is 0 Å². The summed E-state index contributed by atoms with van der Waals surface area (Å²) >= 11 is 0. The predicted molar refractivity (Wildman–Crippen MR) is 57.7 cm³/mol. The number of hydrogen-bond donors (Lipinski definition) is 3. The summed E-state index contributed by atoms with van der Waals surface area (Å²) in [7, 11) is 0. The molecule has 0 aliphatic carbocycles. The number of hydrogen-bond acceptors (Lipinski definition) is 3. The maximum absolute atomic E-state index is 11.3. The van der Waals surface area contributed by atoms with Crippen molar-refractivity contribution < 1.29 is 9.90 Å². The first kappa shape index (κ1) is 11.5. The number of nitrogens with one attached hydrogen (secondary N) is 2. The van der Waals surface area contributed by atoms with Crippen LogP contribution in [0.3, 0.4) is 0 Å². The lowest BCUT2D eigenvalue weighted by Gasteiger charge is -2.08. The van der Waals surface area contributed by atoms with Crippen LogP contribution in [0.4, 0.5) is 10.5 Å². The highest BCUT2D eigenvalue weighted by Gasteiger charge is 2.02. The number of aromatic nitrogens is 1. The molecular formula is C10H15N3O2. The predicted octanol–water partition coefficient (Wildman–Crippen LogP) is 0.894. The zero-order chi connectivity index (χ0) is 11.1. The molecule has 0 unspecified atom stereocenters. The molecule has 5 nitrogen and oxygen atoms in total. The van der Waals surface area contributed by atoms with Crippen LogP contribution >= 0.6 is 0 Å². The Bertz CT molecular complexity index is 328. The molecule has 1 aromatic heterocycles. The molecule has 5 heteroatoms. The molecule has 0 aliphatic heterocycles. The molecule has 0 bridgehead atoms. The second-order valence-electron chi connectivity index (χ2n) is 3.15. The molecule has 0 aromatic carbocycles. The van der Waals surface area contributed by atoms with E-state index in [2.05, 4.69) is 15.6 Å². The molecule has 0 radical (unpaired) electrons. The van der Waals surface area contributed by atoms with Crippen molar-refractivity contribution in [3.05, 3.63) is 24.0 Å². The van der Waals surface area contributed by atoms with E-state index in [0.717, 1.165) is 11.3 Å². The fourth-order valence-electron chi connectivity index (χ4n) is 1.06. The third-order valence-corrected chi connectivity index (χ3v) is 1.89. The summed E-state index contributed by atoms with van der Waals surface area (Å²) in [5, 5.41) is 13.9. The van der Waals surface area contributed by atoms with Crippen molar-refractivity contribution >= 4 is 11.7 Å². The number of aliphatic hydroxyl groups excluding tert-OH is 1. The van der Waals surface area contributed by atoms with Gasteiger partial charge in [0.25, 0.3) is 0 Å². The molecule has 15 heavy (non-hydrogen) atoms. The monoisotopic (exact) mass is 209 g/mol. The Hall–Kier alpha value is -1.62. The summed E-state index contributed by atoms with van der Waals surface area (Å²) in [6, 6.07) is 1.47. The molecule has 0 spiro atoms. The van der Waals surface area contributed by atoms with Crippen LogP contribution in [0.15, 0.2) is 18.5 Å². The van der Waals surface area contributed by atoms with Gasteiger partial charge in [-0.1, -0.05) is 0 Å². The lowest BCUT2D eigenvalue weighted by Crippen LogP contribution is -2.30. The standard InChI is InChI=1S/C10H15N3O2/c1-8-7-11-5-3-9(8)13-10(15)12-4-2-6-14/h3,5,7,14H,2,4,6H2,1H3,(H2,11,12,13,15).